The van der Waals surface area contributed by atoms with Crippen molar-refractivity contribution < 1.29 is 26.3 Å². The molecule has 0 aliphatic rings. The summed E-state index contributed by atoms with van der Waals surface area (Å²) in [4.78, 5) is 3.47. The first kappa shape index (κ1) is 23.2. The van der Waals surface area contributed by atoms with Gasteiger partial charge in [0, 0.05) is 17.6 Å². The van der Waals surface area contributed by atoms with Crippen LogP contribution in [0.5, 0.6) is 11.6 Å². The highest BCUT2D eigenvalue weighted by molar-refractivity contribution is 7.93. The van der Waals surface area contributed by atoms with E-state index < -0.39 is 21.9 Å². The van der Waals surface area contributed by atoms with E-state index in [1.165, 1.54) is 12.4 Å². The zero-order valence-corrected chi connectivity index (χ0v) is 18.5. The van der Waals surface area contributed by atoms with Crippen LogP contribution in [0.15, 0.2) is 65.8 Å². The van der Waals surface area contributed by atoms with E-state index in [1.807, 2.05) is 0 Å². The number of rotatable bonds is 7. The van der Waals surface area contributed by atoms with Gasteiger partial charge in [0.05, 0.1) is 17.0 Å². The van der Waals surface area contributed by atoms with Crippen LogP contribution in [-0.2, 0) is 22.7 Å². The van der Waals surface area contributed by atoms with Crippen LogP contribution in [0.1, 0.15) is 16.8 Å². The molecule has 0 fully saturated rings. The number of sulfonamides is 1. The van der Waals surface area contributed by atoms with Gasteiger partial charge in [-0.2, -0.15) is 27.9 Å². The Kier molecular flexibility index (Phi) is 6.22. The first-order chi connectivity index (χ1) is 16.2. The van der Waals surface area contributed by atoms with Crippen LogP contribution in [0.3, 0.4) is 0 Å². The Morgan fingerprint density at radius 1 is 1.15 bits per heavy atom. The van der Waals surface area contributed by atoms with Crippen LogP contribution in [0.2, 0.25) is 0 Å². The van der Waals surface area contributed by atoms with Crippen molar-refractivity contribution in [2.75, 3.05) is 4.72 Å². The fraction of sp³-hybridized carbons (Fsp3) is 0.100. The molecule has 0 saturated carbocycles. The van der Waals surface area contributed by atoms with E-state index in [2.05, 4.69) is 19.2 Å². The Morgan fingerprint density at radius 3 is 2.56 bits per heavy atom. The van der Waals surface area contributed by atoms with Gasteiger partial charge in [0.1, 0.15) is 18.1 Å². The van der Waals surface area contributed by atoms with E-state index in [9.17, 15) is 26.9 Å². The molecule has 2 aromatic carbocycles. The number of halogens is 3. The van der Waals surface area contributed by atoms with Gasteiger partial charge in [0.25, 0.3) is 10.0 Å². The van der Waals surface area contributed by atoms with Gasteiger partial charge in [-0.25, -0.2) is 18.1 Å². The number of hydrogen-bond acceptors (Lipinski definition) is 8. The first-order valence-electron chi connectivity index (χ1n) is 9.36. The molecule has 2 heterocycles. The molecule has 34 heavy (non-hydrogen) atoms. The maximum atomic E-state index is 13.3. The van der Waals surface area contributed by atoms with Crippen molar-refractivity contribution in [3.05, 3.63) is 77.7 Å². The summed E-state index contributed by atoms with van der Waals surface area (Å²) in [5.41, 5.74) is -0.701. The number of anilines is 1. The van der Waals surface area contributed by atoms with Crippen molar-refractivity contribution in [3.63, 3.8) is 0 Å². The van der Waals surface area contributed by atoms with Crippen molar-refractivity contribution in [1.29, 1.82) is 5.26 Å². The highest BCUT2D eigenvalue weighted by Crippen LogP contribution is 2.34. The molecule has 0 radical (unpaired) electrons. The largest absolute Gasteiger partial charge is 0.438 e. The molecule has 0 spiro atoms. The van der Waals surface area contributed by atoms with Gasteiger partial charge in [-0.15, -0.1) is 0 Å². The van der Waals surface area contributed by atoms with Gasteiger partial charge in [-0.1, -0.05) is 30.3 Å². The number of nitrogens with one attached hydrogen (secondary N) is 1. The molecular weight excluding hydrogens is 493 g/mol. The van der Waals surface area contributed by atoms with Crippen LogP contribution in [0, 0.1) is 11.3 Å². The van der Waals surface area contributed by atoms with Gasteiger partial charge >= 0.3 is 6.18 Å². The monoisotopic (exact) mass is 506 g/mol. The van der Waals surface area contributed by atoms with Crippen molar-refractivity contribution >= 4 is 26.7 Å². The van der Waals surface area contributed by atoms with Crippen molar-refractivity contribution in [2.24, 2.45) is 0 Å². The van der Waals surface area contributed by atoms with E-state index >= 15 is 0 Å². The second-order valence-corrected chi connectivity index (χ2v) is 9.20. The maximum absolute atomic E-state index is 13.3. The topological polar surface area (TPSA) is 123 Å². The Hall–Kier alpha value is -3.96. The molecular formula is C20H13F3N6O3S2. The van der Waals surface area contributed by atoms with Gasteiger partial charge < -0.3 is 4.74 Å². The van der Waals surface area contributed by atoms with Crippen LogP contribution in [0.25, 0.3) is 0 Å². The maximum Gasteiger partial charge on any atom is 0.435 e. The van der Waals surface area contributed by atoms with Crippen LogP contribution < -0.4 is 9.46 Å². The number of alkyl halides is 3. The summed E-state index contributed by atoms with van der Waals surface area (Å²) in [6, 6.07) is 14.5. The molecule has 0 saturated heterocycles. The summed E-state index contributed by atoms with van der Waals surface area (Å²) in [7, 11) is -4.08. The van der Waals surface area contributed by atoms with E-state index in [0.717, 1.165) is 28.3 Å². The number of nitrogens with zero attached hydrogens (tertiary/aromatic N) is 5. The van der Waals surface area contributed by atoms with Crippen molar-refractivity contribution in [2.45, 2.75) is 17.6 Å². The summed E-state index contributed by atoms with van der Waals surface area (Å²) in [5, 5.41) is 13.1. The Bertz CT molecular complexity index is 1450. The highest BCUT2D eigenvalue weighted by Gasteiger charge is 2.35. The molecule has 0 unspecified atom stereocenters. The highest BCUT2D eigenvalue weighted by atomic mass is 32.2. The summed E-state index contributed by atoms with van der Waals surface area (Å²) in [5.74, 6) is -0.407. The fourth-order valence-corrected chi connectivity index (χ4v) is 4.53. The minimum Gasteiger partial charge on any atom is -0.438 e. The number of benzene rings is 2. The lowest BCUT2D eigenvalue weighted by Gasteiger charge is -2.11. The Labute approximate surface area is 195 Å². The van der Waals surface area contributed by atoms with E-state index in [0.29, 0.717) is 11.6 Å². The van der Waals surface area contributed by atoms with E-state index in [4.69, 9.17) is 4.74 Å². The normalized spacial score (nSPS) is 11.7. The Morgan fingerprint density at radius 2 is 1.91 bits per heavy atom. The number of hydrogen-bond donors (Lipinski definition) is 1. The van der Waals surface area contributed by atoms with Crippen LogP contribution >= 0.6 is 11.5 Å². The van der Waals surface area contributed by atoms with Gasteiger partial charge in [-0.05, 0) is 23.8 Å². The molecule has 9 nitrogen and oxygen atoms in total. The van der Waals surface area contributed by atoms with Crippen LogP contribution in [0.4, 0.5) is 18.3 Å². The number of ether oxygens (including phenoxy) is 1. The molecule has 2 aromatic heterocycles. The standard InChI is InChI=1S/C20H13F3N6O3S2/c21-20(22,23)17-9-18(29(27-17)11-13-4-2-1-3-5-13)32-16-7-6-15(8-14(16)10-24)34(30,31)28-19-25-12-26-33-19/h1-9,12H,11H2,(H,25,26,28). The zero-order valence-electron chi connectivity index (χ0n) is 16.9. The lowest BCUT2D eigenvalue weighted by molar-refractivity contribution is -0.141. The third-order valence-electron chi connectivity index (χ3n) is 4.39. The Balaban J connectivity index is 1.67. The molecule has 174 valence electrons. The molecule has 0 atom stereocenters. The quantitative estimate of drug-likeness (QED) is 0.397. The zero-order chi connectivity index (χ0) is 24.3. The summed E-state index contributed by atoms with van der Waals surface area (Å²) in [6.45, 7) is -0.0215. The molecule has 0 bridgehead atoms. The van der Waals surface area contributed by atoms with E-state index in [1.54, 1.807) is 36.4 Å². The van der Waals surface area contributed by atoms with Crippen molar-refractivity contribution in [1.82, 2.24) is 19.1 Å². The first-order valence-corrected chi connectivity index (χ1v) is 11.6. The third-order valence-corrected chi connectivity index (χ3v) is 6.43. The third kappa shape index (κ3) is 5.16. The number of aromatic nitrogens is 4. The van der Waals surface area contributed by atoms with Crippen molar-refractivity contribution in [3.8, 4) is 17.7 Å². The second-order valence-electron chi connectivity index (χ2n) is 6.73. The summed E-state index contributed by atoms with van der Waals surface area (Å²) in [6.07, 6.45) is -3.54. The van der Waals surface area contributed by atoms with Gasteiger partial charge in [0.2, 0.25) is 11.0 Å². The lowest BCUT2D eigenvalue weighted by atomic mass is 10.2. The molecule has 0 aliphatic carbocycles. The predicted octanol–water partition coefficient (Wildman–Crippen LogP) is 4.27. The molecule has 14 heteroatoms. The minimum absolute atomic E-state index is 0.0215. The fourth-order valence-electron chi connectivity index (χ4n) is 2.85. The predicted molar refractivity (Wildman–Crippen MR) is 115 cm³/mol. The smallest absolute Gasteiger partial charge is 0.435 e. The summed E-state index contributed by atoms with van der Waals surface area (Å²) >= 11 is 0.823. The second kappa shape index (κ2) is 9.12. The molecule has 0 aliphatic heterocycles. The SMILES string of the molecule is N#Cc1cc(S(=O)(=O)Nc2ncns2)ccc1Oc1cc(C(F)(F)F)nn1Cc1ccccc1. The van der Waals surface area contributed by atoms with E-state index in [-0.39, 0.29) is 33.8 Å². The molecule has 0 amide bonds. The molecule has 4 rings (SSSR count). The van der Waals surface area contributed by atoms with Crippen LogP contribution in [-0.4, -0.2) is 27.6 Å². The lowest BCUT2D eigenvalue weighted by Crippen LogP contribution is -2.13. The minimum atomic E-state index is -4.72. The van der Waals surface area contributed by atoms with Gasteiger partial charge in [0.15, 0.2) is 5.69 Å². The summed E-state index contributed by atoms with van der Waals surface area (Å²) < 4.78 is 77.5. The number of nitriles is 1. The van der Waals surface area contributed by atoms with Gasteiger partial charge in [-0.3, -0.25) is 4.72 Å². The average molecular weight is 506 g/mol. The molecule has 1 N–H and O–H groups in total. The average Bonchev–Trinajstić information content (AvgIpc) is 3.44. The molecule has 4 aromatic rings.